The summed E-state index contributed by atoms with van der Waals surface area (Å²) in [6, 6.07) is -0.00843. The van der Waals surface area contributed by atoms with Crippen molar-refractivity contribution in [3.05, 3.63) is 0 Å². The van der Waals surface area contributed by atoms with Crippen LogP contribution >= 0.6 is 12.6 Å². The zero-order valence-electron chi connectivity index (χ0n) is 9.68. The highest BCUT2D eigenvalue weighted by atomic mass is 32.1. The molecule has 4 heteroatoms. The Morgan fingerprint density at radius 1 is 1.60 bits per heavy atom. The summed E-state index contributed by atoms with van der Waals surface area (Å²) in [4.78, 5) is 13.8. The van der Waals surface area contributed by atoms with Gasteiger partial charge in [0, 0.05) is 6.54 Å². The first-order valence-corrected chi connectivity index (χ1v) is 6.10. The summed E-state index contributed by atoms with van der Waals surface area (Å²) in [6.07, 6.45) is 0.982. The molecule has 0 saturated carbocycles. The van der Waals surface area contributed by atoms with E-state index in [1.807, 2.05) is 13.8 Å². The number of nitrogens with zero attached hydrogens (tertiary/aromatic N) is 1. The number of amides is 1. The van der Waals surface area contributed by atoms with Crippen molar-refractivity contribution in [3.63, 3.8) is 0 Å². The van der Waals surface area contributed by atoms with E-state index in [9.17, 15) is 9.90 Å². The Morgan fingerprint density at radius 3 is 2.67 bits per heavy atom. The monoisotopic (exact) mass is 231 g/mol. The molecule has 1 N–H and O–H groups in total. The molecule has 1 heterocycles. The fourth-order valence-corrected chi connectivity index (χ4v) is 2.16. The predicted octanol–water partition coefficient (Wildman–Crippen LogP) is 1.17. The number of aliphatic hydroxyl groups is 1. The van der Waals surface area contributed by atoms with Crippen molar-refractivity contribution >= 4 is 18.5 Å². The number of rotatable bonds is 3. The van der Waals surface area contributed by atoms with Crippen molar-refractivity contribution in [2.45, 2.75) is 38.5 Å². The number of carbonyl (C=O) groups excluding carboxylic acids is 1. The second-order valence-corrected chi connectivity index (χ2v) is 5.29. The molecule has 1 rings (SSSR count). The van der Waals surface area contributed by atoms with Gasteiger partial charge in [0.05, 0.1) is 17.9 Å². The number of aliphatic hydroxyl groups excluding tert-OH is 1. The number of likely N-dealkylation sites (tertiary alicyclic amines) is 1. The molecule has 0 bridgehead atoms. The Balaban J connectivity index is 2.67. The van der Waals surface area contributed by atoms with Gasteiger partial charge in [-0.15, -0.1) is 0 Å². The summed E-state index contributed by atoms with van der Waals surface area (Å²) in [5.74, 6) is 0.694. The Kier molecular flexibility index (Phi) is 4.46. The van der Waals surface area contributed by atoms with Gasteiger partial charge in [0.15, 0.2) is 0 Å². The van der Waals surface area contributed by atoms with Crippen LogP contribution in [0.15, 0.2) is 0 Å². The van der Waals surface area contributed by atoms with Crippen molar-refractivity contribution < 1.29 is 9.90 Å². The lowest BCUT2D eigenvalue weighted by Gasteiger charge is -2.28. The molecule has 3 nitrogen and oxygen atoms in total. The number of carbonyl (C=O) groups is 1. The predicted molar refractivity (Wildman–Crippen MR) is 64.0 cm³/mol. The fourth-order valence-electron chi connectivity index (χ4n) is 2.02. The van der Waals surface area contributed by atoms with Crippen molar-refractivity contribution in [1.29, 1.82) is 0 Å². The van der Waals surface area contributed by atoms with Gasteiger partial charge >= 0.3 is 0 Å². The highest BCUT2D eigenvalue weighted by Gasteiger charge is 2.36. The van der Waals surface area contributed by atoms with Crippen molar-refractivity contribution in [2.75, 3.05) is 13.2 Å². The van der Waals surface area contributed by atoms with Gasteiger partial charge in [-0.3, -0.25) is 4.79 Å². The second-order valence-electron chi connectivity index (χ2n) is 4.74. The van der Waals surface area contributed by atoms with E-state index in [2.05, 4.69) is 19.6 Å². The van der Waals surface area contributed by atoms with Crippen molar-refractivity contribution in [2.24, 2.45) is 11.8 Å². The third-order valence-electron chi connectivity index (χ3n) is 3.24. The summed E-state index contributed by atoms with van der Waals surface area (Å²) in [5, 5.41) is 9.01. The topological polar surface area (TPSA) is 40.5 Å². The maximum absolute atomic E-state index is 12.0. The zero-order valence-corrected chi connectivity index (χ0v) is 10.6. The zero-order chi connectivity index (χ0) is 11.6. The van der Waals surface area contributed by atoms with Gasteiger partial charge in [0.2, 0.25) is 5.91 Å². The maximum atomic E-state index is 12.0. The minimum atomic E-state index is -0.246. The first-order chi connectivity index (χ1) is 6.99. The van der Waals surface area contributed by atoms with Gasteiger partial charge in [0.25, 0.3) is 0 Å². The third kappa shape index (κ3) is 2.67. The van der Waals surface area contributed by atoms with E-state index in [1.54, 1.807) is 4.90 Å². The number of hydrogen-bond donors (Lipinski definition) is 2. The molecule has 15 heavy (non-hydrogen) atoms. The molecule has 1 aliphatic heterocycles. The first kappa shape index (κ1) is 12.8. The van der Waals surface area contributed by atoms with E-state index < -0.39 is 0 Å². The van der Waals surface area contributed by atoms with E-state index in [4.69, 9.17) is 0 Å². The largest absolute Gasteiger partial charge is 0.394 e. The molecule has 0 aromatic heterocycles. The Labute approximate surface area is 97.3 Å². The highest BCUT2D eigenvalue weighted by Crippen LogP contribution is 2.26. The summed E-state index contributed by atoms with van der Waals surface area (Å²) in [7, 11) is 0. The molecule has 1 amide bonds. The van der Waals surface area contributed by atoms with E-state index in [0.29, 0.717) is 5.92 Å². The molecule has 0 aliphatic carbocycles. The van der Waals surface area contributed by atoms with Crippen LogP contribution in [0, 0.1) is 11.8 Å². The number of thiol groups is 1. The van der Waals surface area contributed by atoms with Gasteiger partial charge < -0.3 is 10.0 Å². The van der Waals surface area contributed by atoms with Crippen LogP contribution in [-0.4, -0.2) is 40.4 Å². The second kappa shape index (κ2) is 5.21. The quantitative estimate of drug-likeness (QED) is 0.716. The standard InChI is InChI=1S/C11H21NO2S/c1-7(2)10(15)11(14)12-5-4-8(3)9(12)6-13/h7-10,13,15H,4-6H2,1-3H3. The van der Waals surface area contributed by atoms with Crippen molar-refractivity contribution in [1.82, 2.24) is 4.90 Å². The van der Waals surface area contributed by atoms with Gasteiger partial charge in [0.1, 0.15) is 0 Å². The molecule has 0 spiro atoms. The highest BCUT2D eigenvalue weighted by molar-refractivity contribution is 7.81. The normalized spacial score (nSPS) is 28.5. The maximum Gasteiger partial charge on any atom is 0.236 e. The van der Waals surface area contributed by atoms with Gasteiger partial charge in [-0.1, -0.05) is 20.8 Å². The molecule has 3 atom stereocenters. The van der Waals surface area contributed by atoms with Crippen LogP contribution in [-0.2, 0) is 4.79 Å². The lowest BCUT2D eigenvalue weighted by Crippen LogP contribution is -2.44. The van der Waals surface area contributed by atoms with Crippen LogP contribution in [0.4, 0.5) is 0 Å². The lowest BCUT2D eigenvalue weighted by atomic mass is 10.0. The third-order valence-corrected chi connectivity index (χ3v) is 4.05. The first-order valence-electron chi connectivity index (χ1n) is 5.58. The minimum absolute atomic E-state index is 0.00843. The molecule has 0 aromatic rings. The van der Waals surface area contributed by atoms with E-state index >= 15 is 0 Å². The van der Waals surface area contributed by atoms with Gasteiger partial charge in [-0.25, -0.2) is 0 Å². The van der Waals surface area contributed by atoms with Gasteiger partial charge in [-0.05, 0) is 18.3 Å². The summed E-state index contributed by atoms with van der Waals surface area (Å²) in [5.41, 5.74) is 0. The molecule has 0 radical (unpaired) electrons. The van der Waals surface area contributed by atoms with Crippen LogP contribution in [0.5, 0.6) is 0 Å². The molecular formula is C11H21NO2S. The SMILES string of the molecule is CC(C)C(S)C(=O)N1CCC(C)C1CO. The van der Waals surface area contributed by atoms with Crippen LogP contribution in [0.3, 0.4) is 0 Å². The molecule has 3 unspecified atom stereocenters. The molecule has 1 aliphatic rings. The van der Waals surface area contributed by atoms with Crippen LogP contribution in [0.2, 0.25) is 0 Å². The van der Waals surface area contributed by atoms with E-state index in [0.717, 1.165) is 13.0 Å². The van der Waals surface area contributed by atoms with E-state index in [1.165, 1.54) is 0 Å². The van der Waals surface area contributed by atoms with Crippen molar-refractivity contribution in [3.8, 4) is 0 Å². The smallest absolute Gasteiger partial charge is 0.236 e. The molecule has 1 fully saturated rings. The molecule has 0 aromatic carbocycles. The van der Waals surface area contributed by atoms with E-state index in [-0.39, 0.29) is 29.7 Å². The fraction of sp³-hybridized carbons (Fsp3) is 0.909. The summed E-state index contributed by atoms with van der Waals surface area (Å²) >= 11 is 4.33. The molecular weight excluding hydrogens is 210 g/mol. The summed E-state index contributed by atoms with van der Waals surface area (Å²) < 4.78 is 0. The molecule has 88 valence electrons. The Hall–Kier alpha value is -0.220. The number of hydrogen-bond acceptors (Lipinski definition) is 3. The lowest BCUT2D eigenvalue weighted by molar-refractivity contribution is -0.133. The van der Waals surface area contributed by atoms with Crippen LogP contribution in [0.1, 0.15) is 27.2 Å². The van der Waals surface area contributed by atoms with Gasteiger partial charge in [-0.2, -0.15) is 12.6 Å². The Morgan fingerprint density at radius 2 is 2.20 bits per heavy atom. The summed E-state index contributed by atoms with van der Waals surface area (Å²) in [6.45, 7) is 6.88. The van der Waals surface area contributed by atoms with Crippen LogP contribution < -0.4 is 0 Å². The van der Waals surface area contributed by atoms with Crippen LogP contribution in [0.25, 0.3) is 0 Å². The Bertz CT molecular complexity index is 233. The average molecular weight is 231 g/mol. The minimum Gasteiger partial charge on any atom is -0.394 e. The average Bonchev–Trinajstić information content (AvgIpc) is 2.57. The molecule has 1 saturated heterocycles.